The second-order valence-electron chi connectivity index (χ2n) is 4.12. The van der Waals surface area contributed by atoms with Crippen LogP contribution in [0.5, 0.6) is 0 Å². The Kier molecular flexibility index (Phi) is 3.01. The zero-order valence-corrected chi connectivity index (χ0v) is 11.1. The number of thiophene rings is 1. The minimum atomic E-state index is -3.70. The van der Waals surface area contributed by atoms with Crippen LogP contribution in [0.1, 0.15) is 33.0 Å². The summed E-state index contributed by atoms with van der Waals surface area (Å²) in [5.41, 5.74) is -0.0966. The number of hydrogen-bond donors (Lipinski definition) is 2. The first-order valence-corrected chi connectivity index (χ1v) is 7.48. The van der Waals surface area contributed by atoms with Crippen LogP contribution in [0.3, 0.4) is 0 Å². The smallest absolute Gasteiger partial charge is 0.338 e. The van der Waals surface area contributed by atoms with Gasteiger partial charge in [-0.05, 0) is 26.7 Å². The fourth-order valence-corrected chi connectivity index (χ4v) is 4.86. The number of nitrogens with one attached hydrogen (secondary N) is 1. The Hall–Kier alpha value is -0.920. The molecule has 0 amide bonds. The van der Waals surface area contributed by atoms with Gasteiger partial charge in [0.25, 0.3) is 0 Å². The van der Waals surface area contributed by atoms with Crippen LogP contribution in [-0.4, -0.2) is 25.5 Å². The Morgan fingerprint density at radius 2 is 1.94 bits per heavy atom. The highest BCUT2D eigenvalue weighted by atomic mass is 32.2. The molecule has 17 heavy (non-hydrogen) atoms. The monoisotopic (exact) mass is 275 g/mol. The largest absolute Gasteiger partial charge is 0.478 e. The number of hydrogen-bond acceptors (Lipinski definition) is 4. The molecule has 0 unspecified atom stereocenters. The number of carboxylic acid groups (broad SMARTS) is 1. The fraction of sp³-hybridized carbons (Fsp3) is 0.500. The van der Waals surface area contributed by atoms with Crippen molar-refractivity contribution in [3.05, 3.63) is 15.3 Å². The summed E-state index contributed by atoms with van der Waals surface area (Å²) in [6.45, 7) is 3.25. The summed E-state index contributed by atoms with van der Waals surface area (Å²) in [5, 5.41) is 9.09. The Labute approximate surface area is 104 Å². The van der Waals surface area contributed by atoms with Crippen LogP contribution in [0.15, 0.2) is 4.90 Å². The first kappa shape index (κ1) is 12.5. The molecule has 2 rings (SSSR count). The highest BCUT2D eigenvalue weighted by Gasteiger charge is 2.33. The van der Waals surface area contributed by atoms with Gasteiger partial charge in [-0.15, -0.1) is 11.3 Å². The van der Waals surface area contributed by atoms with Crippen molar-refractivity contribution in [1.29, 1.82) is 0 Å². The van der Waals surface area contributed by atoms with E-state index in [2.05, 4.69) is 4.72 Å². The van der Waals surface area contributed by atoms with Crippen molar-refractivity contribution in [2.45, 2.75) is 37.6 Å². The summed E-state index contributed by atoms with van der Waals surface area (Å²) >= 11 is 1.20. The first-order chi connectivity index (χ1) is 7.83. The molecule has 1 aromatic rings. The summed E-state index contributed by atoms with van der Waals surface area (Å²) in [6, 6.07) is -0.0266. The number of sulfonamides is 1. The number of aromatic carboxylic acids is 1. The molecule has 5 nitrogen and oxygen atoms in total. The summed E-state index contributed by atoms with van der Waals surface area (Å²) < 4.78 is 26.7. The SMILES string of the molecule is Cc1sc(C)c(S(=O)(=O)NC2CC2)c1C(=O)O. The van der Waals surface area contributed by atoms with Crippen LogP contribution >= 0.6 is 11.3 Å². The van der Waals surface area contributed by atoms with E-state index in [0.717, 1.165) is 12.8 Å². The molecule has 0 spiro atoms. The van der Waals surface area contributed by atoms with Gasteiger partial charge in [0.2, 0.25) is 10.0 Å². The molecule has 1 aliphatic carbocycles. The van der Waals surface area contributed by atoms with Crippen LogP contribution in [0.2, 0.25) is 0 Å². The van der Waals surface area contributed by atoms with E-state index in [4.69, 9.17) is 5.11 Å². The minimum Gasteiger partial charge on any atom is -0.478 e. The third kappa shape index (κ3) is 2.36. The van der Waals surface area contributed by atoms with Crippen LogP contribution in [0.25, 0.3) is 0 Å². The van der Waals surface area contributed by atoms with E-state index in [0.29, 0.717) is 9.75 Å². The van der Waals surface area contributed by atoms with Crippen LogP contribution in [0, 0.1) is 13.8 Å². The van der Waals surface area contributed by atoms with E-state index in [1.165, 1.54) is 11.3 Å². The average molecular weight is 275 g/mol. The highest BCUT2D eigenvalue weighted by molar-refractivity contribution is 7.89. The molecular formula is C10H13NO4S2. The number of rotatable bonds is 4. The lowest BCUT2D eigenvalue weighted by Crippen LogP contribution is -2.27. The highest BCUT2D eigenvalue weighted by Crippen LogP contribution is 2.32. The van der Waals surface area contributed by atoms with E-state index >= 15 is 0 Å². The molecule has 1 saturated carbocycles. The quantitative estimate of drug-likeness (QED) is 0.872. The zero-order chi connectivity index (χ0) is 12.8. The normalized spacial score (nSPS) is 16.1. The van der Waals surface area contributed by atoms with E-state index in [9.17, 15) is 13.2 Å². The maximum absolute atomic E-state index is 12.1. The Balaban J connectivity index is 2.53. The standard InChI is InChI=1S/C10H13NO4S2/c1-5-8(10(12)13)9(6(2)16-5)17(14,15)11-7-3-4-7/h7,11H,3-4H2,1-2H3,(H,12,13). The summed E-state index contributed by atoms with van der Waals surface area (Å²) in [5.74, 6) is -1.19. The second kappa shape index (κ2) is 4.08. The molecule has 1 fully saturated rings. The van der Waals surface area contributed by atoms with Crippen molar-refractivity contribution in [3.63, 3.8) is 0 Å². The van der Waals surface area contributed by atoms with Gasteiger partial charge >= 0.3 is 5.97 Å². The molecule has 0 atom stereocenters. The lowest BCUT2D eigenvalue weighted by atomic mass is 10.2. The van der Waals surface area contributed by atoms with Gasteiger partial charge in [-0.3, -0.25) is 0 Å². The van der Waals surface area contributed by atoms with Crippen molar-refractivity contribution in [2.75, 3.05) is 0 Å². The van der Waals surface area contributed by atoms with Gasteiger partial charge in [0.05, 0.1) is 5.56 Å². The van der Waals surface area contributed by atoms with Crippen molar-refractivity contribution in [2.24, 2.45) is 0 Å². The van der Waals surface area contributed by atoms with Crippen molar-refractivity contribution < 1.29 is 18.3 Å². The van der Waals surface area contributed by atoms with E-state index in [1.54, 1.807) is 13.8 Å². The van der Waals surface area contributed by atoms with Gasteiger partial charge in [-0.1, -0.05) is 0 Å². The molecule has 0 aliphatic heterocycles. The first-order valence-electron chi connectivity index (χ1n) is 5.18. The number of carboxylic acids is 1. The maximum atomic E-state index is 12.1. The fourth-order valence-electron chi connectivity index (χ4n) is 1.71. The summed E-state index contributed by atoms with van der Waals surface area (Å²) in [7, 11) is -3.70. The van der Waals surface area contributed by atoms with Gasteiger partial charge in [0.1, 0.15) is 4.90 Å². The molecule has 0 radical (unpaired) electrons. The second-order valence-corrected chi connectivity index (χ2v) is 7.20. The third-order valence-corrected chi connectivity index (χ3v) is 5.43. The van der Waals surface area contributed by atoms with E-state index in [1.807, 2.05) is 0 Å². The Bertz CT molecular complexity index is 569. The van der Waals surface area contributed by atoms with Crippen LogP contribution < -0.4 is 4.72 Å². The maximum Gasteiger partial charge on any atom is 0.338 e. The van der Waals surface area contributed by atoms with Crippen molar-refractivity contribution >= 4 is 27.3 Å². The van der Waals surface area contributed by atoms with Crippen molar-refractivity contribution in [3.8, 4) is 0 Å². The Morgan fingerprint density at radius 3 is 2.41 bits per heavy atom. The number of carbonyl (C=O) groups is 1. The van der Waals surface area contributed by atoms with Gasteiger partial charge in [0, 0.05) is 15.8 Å². The molecule has 0 aromatic carbocycles. The van der Waals surface area contributed by atoms with Gasteiger partial charge in [-0.2, -0.15) is 0 Å². The molecule has 0 bridgehead atoms. The predicted molar refractivity (Wildman–Crippen MR) is 64.1 cm³/mol. The van der Waals surface area contributed by atoms with E-state index in [-0.39, 0.29) is 16.5 Å². The topological polar surface area (TPSA) is 83.5 Å². The predicted octanol–water partition coefficient (Wildman–Crippen LogP) is 1.50. The van der Waals surface area contributed by atoms with Crippen LogP contribution in [-0.2, 0) is 10.0 Å². The molecular weight excluding hydrogens is 262 g/mol. The molecule has 94 valence electrons. The zero-order valence-electron chi connectivity index (χ0n) is 9.48. The average Bonchev–Trinajstić information content (AvgIpc) is 2.89. The molecule has 7 heteroatoms. The van der Waals surface area contributed by atoms with Gasteiger partial charge in [-0.25, -0.2) is 17.9 Å². The molecule has 2 N–H and O–H groups in total. The summed E-state index contributed by atoms with van der Waals surface area (Å²) in [6.07, 6.45) is 1.65. The lowest BCUT2D eigenvalue weighted by Gasteiger charge is -2.06. The van der Waals surface area contributed by atoms with Gasteiger partial charge < -0.3 is 5.11 Å². The van der Waals surface area contributed by atoms with Gasteiger partial charge in [0.15, 0.2) is 0 Å². The van der Waals surface area contributed by atoms with Crippen LogP contribution in [0.4, 0.5) is 0 Å². The molecule has 1 aromatic heterocycles. The third-order valence-electron chi connectivity index (χ3n) is 2.59. The molecule has 1 heterocycles. The van der Waals surface area contributed by atoms with Crippen molar-refractivity contribution in [1.82, 2.24) is 4.72 Å². The summed E-state index contributed by atoms with van der Waals surface area (Å²) in [4.78, 5) is 12.1. The van der Waals surface area contributed by atoms with E-state index < -0.39 is 16.0 Å². The lowest BCUT2D eigenvalue weighted by molar-refractivity contribution is 0.0692. The Morgan fingerprint density at radius 1 is 1.35 bits per heavy atom. The molecule has 0 saturated heterocycles. The minimum absolute atomic E-state index is 0.0266. The molecule has 1 aliphatic rings. The number of aryl methyl sites for hydroxylation is 2.